The Morgan fingerprint density at radius 1 is 1.71 bits per heavy atom. The van der Waals surface area contributed by atoms with Crippen LogP contribution >= 0.6 is 11.8 Å². The predicted molar refractivity (Wildman–Crippen MR) is 50.6 cm³/mol. The average Bonchev–Trinajstić information content (AvgIpc) is 2.92. The number of H-pyrrole nitrogens is 1. The Kier molecular flexibility index (Phi) is 2.42. The maximum Gasteiger partial charge on any atom is 0.339 e. The van der Waals surface area contributed by atoms with Gasteiger partial charge in [0.05, 0.1) is 12.7 Å². The zero-order valence-electron chi connectivity index (χ0n) is 7.52. The topological polar surface area (TPSA) is 80.3 Å². The van der Waals surface area contributed by atoms with Gasteiger partial charge in [-0.05, 0) is 0 Å². The Bertz CT molecular complexity index is 448. The fraction of sp³-hybridized carbons (Fsp3) is 0.571. The van der Waals surface area contributed by atoms with Gasteiger partial charge in [-0.1, -0.05) is 11.8 Å². The lowest BCUT2D eigenvalue weighted by molar-refractivity contribution is 0.426. The van der Waals surface area contributed by atoms with Gasteiger partial charge >= 0.3 is 11.1 Å². The number of aromatic nitrogens is 3. The second kappa shape index (κ2) is 3.58. The highest BCUT2D eigenvalue weighted by atomic mass is 32.2. The molecular formula is C7H9N3O3S. The monoisotopic (exact) mass is 215 g/mol. The summed E-state index contributed by atoms with van der Waals surface area (Å²) in [5, 5.41) is 2.88. The summed E-state index contributed by atoms with van der Waals surface area (Å²) in [7, 11) is 1.64. The molecule has 1 aliphatic rings. The van der Waals surface area contributed by atoms with Crippen molar-refractivity contribution in [1.29, 1.82) is 0 Å². The molecule has 2 heterocycles. The Labute approximate surface area is 83.3 Å². The molecule has 7 heteroatoms. The fourth-order valence-electron chi connectivity index (χ4n) is 0.921. The number of thioether (sulfide) groups is 1. The summed E-state index contributed by atoms with van der Waals surface area (Å²) in [6, 6.07) is 0. The molecule has 76 valence electrons. The number of aromatic amines is 1. The first kappa shape index (κ1) is 9.47. The summed E-state index contributed by atoms with van der Waals surface area (Å²) in [6.45, 7) is 0.768. The molecule has 2 rings (SSSR count). The maximum atomic E-state index is 10.9. The van der Waals surface area contributed by atoms with Crippen LogP contribution in [0.3, 0.4) is 0 Å². The number of nitrogens with zero attached hydrogens (tertiary/aromatic N) is 2. The van der Waals surface area contributed by atoms with E-state index in [1.165, 1.54) is 16.4 Å². The number of nitrogens with one attached hydrogen (secondary N) is 1. The van der Waals surface area contributed by atoms with Gasteiger partial charge in [0, 0.05) is 12.8 Å². The molecule has 0 unspecified atom stereocenters. The summed E-state index contributed by atoms with van der Waals surface area (Å²) in [4.78, 5) is 25.4. The molecule has 1 N–H and O–H groups in total. The van der Waals surface area contributed by atoms with E-state index >= 15 is 0 Å². The van der Waals surface area contributed by atoms with Crippen molar-refractivity contribution >= 4 is 11.8 Å². The lowest BCUT2D eigenvalue weighted by Gasteiger charge is -2.03. The number of hydrogen-bond acceptors (Lipinski definition) is 5. The minimum absolute atomic E-state index is 0.267. The van der Waals surface area contributed by atoms with Crippen molar-refractivity contribution in [1.82, 2.24) is 14.8 Å². The van der Waals surface area contributed by atoms with Gasteiger partial charge in [-0.15, -0.1) is 0 Å². The van der Waals surface area contributed by atoms with Crippen LogP contribution < -0.4 is 11.1 Å². The van der Waals surface area contributed by atoms with Crippen molar-refractivity contribution in [2.45, 2.75) is 11.3 Å². The number of ether oxygens (including phenoxy) is 1. The largest absolute Gasteiger partial charge is 0.372 e. The van der Waals surface area contributed by atoms with E-state index in [1.807, 2.05) is 0 Å². The van der Waals surface area contributed by atoms with E-state index in [-0.39, 0.29) is 6.10 Å². The van der Waals surface area contributed by atoms with Gasteiger partial charge in [0.15, 0.2) is 5.16 Å². The van der Waals surface area contributed by atoms with Gasteiger partial charge in [0.2, 0.25) is 0 Å². The van der Waals surface area contributed by atoms with E-state index in [9.17, 15) is 9.59 Å². The Morgan fingerprint density at radius 3 is 3.07 bits per heavy atom. The summed E-state index contributed by atoms with van der Waals surface area (Å²) in [6.07, 6.45) is 0.267. The van der Waals surface area contributed by atoms with Crippen molar-refractivity contribution < 1.29 is 4.74 Å². The highest BCUT2D eigenvalue weighted by Gasteiger charge is 2.23. The van der Waals surface area contributed by atoms with E-state index in [1.54, 1.807) is 7.05 Å². The van der Waals surface area contributed by atoms with E-state index in [0.29, 0.717) is 5.16 Å². The molecule has 1 aromatic rings. The quantitative estimate of drug-likeness (QED) is 0.396. The van der Waals surface area contributed by atoms with E-state index in [4.69, 9.17) is 4.74 Å². The van der Waals surface area contributed by atoms with Crippen LogP contribution in [-0.2, 0) is 11.8 Å². The lowest BCUT2D eigenvalue weighted by Crippen LogP contribution is -2.33. The number of hydrogen-bond donors (Lipinski definition) is 1. The molecular weight excluding hydrogens is 206 g/mol. The molecule has 0 saturated carbocycles. The highest BCUT2D eigenvalue weighted by Crippen LogP contribution is 2.20. The summed E-state index contributed by atoms with van der Waals surface area (Å²) >= 11 is 1.40. The molecule has 6 nitrogen and oxygen atoms in total. The molecule has 14 heavy (non-hydrogen) atoms. The van der Waals surface area contributed by atoms with Crippen LogP contribution in [0.1, 0.15) is 0 Å². The van der Waals surface area contributed by atoms with Gasteiger partial charge in [0.1, 0.15) is 0 Å². The molecule has 0 aliphatic carbocycles. The third-order valence-corrected chi connectivity index (χ3v) is 2.91. The smallest absolute Gasteiger partial charge is 0.339 e. The number of epoxide rings is 1. The first-order valence-corrected chi connectivity index (χ1v) is 5.07. The van der Waals surface area contributed by atoms with E-state index in [2.05, 4.69) is 10.1 Å². The molecule has 1 fully saturated rings. The second-order valence-electron chi connectivity index (χ2n) is 2.97. The van der Waals surface area contributed by atoms with Crippen molar-refractivity contribution in [3.8, 4) is 0 Å². The zero-order chi connectivity index (χ0) is 10.1. The van der Waals surface area contributed by atoms with Crippen molar-refractivity contribution in [3.05, 3.63) is 20.7 Å². The van der Waals surface area contributed by atoms with Crippen LogP contribution in [0, 0.1) is 0 Å². The minimum Gasteiger partial charge on any atom is -0.372 e. The Morgan fingerprint density at radius 2 is 2.43 bits per heavy atom. The van der Waals surface area contributed by atoms with Crippen LogP contribution in [0.5, 0.6) is 0 Å². The molecule has 0 aromatic carbocycles. The maximum absolute atomic E-state index is 10.9. The minimum atomic E-state index is -0.748. The van der Waals surface area contributed by atoms with Crippen LogP contribution in [0.2, 0.25) is 0 Å². The number of aryl methyl sites for hydroxylation is 1. The SMILES string of the molecule is Cn1[nH]c(=O)c(=O)nc1SC[C@H]1CO1. The molecule has 0 radical (unpaired) electrons. The highest BCUT2D eigenvalue weighted by molar-refractivity contribution is 7.99. The average molecular weight is 215 g/mol. The standard InChI is InChI=1S/C7H9N3O3S/c1-10-7(14-3-4-2-13-4)8-5(11)6(12)9-10/h4H,2-3H2,1H3,(H,9,12)/t4-/m1/s1. The first-order chi connectivity index (χ1) is 6.66. The van der Waals surface area contributed by atoms with Crippen molar-refractivity contribution in [2.24, 2.45) is 7.05 Å². The molecule has 1 saturated heterocycles. The second-order valence-corrected chi connectivity index (χ2v) is 3.95. The normalized spacial score (nSPS) is 19.6. The van der Waals surface area contributed by atoms with Crippen LogP contribution in [0.25, 0.3) is 0 Å². The first-order valence-electron chi connectivity index (χ1n) is 4.08. The number of rotatable bonds is 3. The van der Waals surface area contributed by atoms with Gasteiger partial charge in [0.25, 0.3) is 0 Å². The van der Waals surface area contributed by atoms with Gasteiger partial charge in [-0.25, -0.2) is 0 Å². The van der Waals surface area contributed by atoms with Gasteiger partial charge in [-0.2, -0.15) is 4.98 Å². The predicted octanol–water partition coefficient (Wildman–Crippen LogP) is -1.04. The summed E-state index contributed by atoms with van der Waals surface area (Å²) < 4.78 is 6.46. The Hall–Kier alpha value is -1.08. The lowest BCUT2D eigenvalue weighted by atomic mass is 10.6. The Balaban J connectivity index is 2.19. The van der Waals surface area contributed by atoms with Crippen molar-refractivity contribution in [2.75, 3.05) is 12.4 Å². The fourth-order valence-corrected chi connectivity index (χ4v) is 1.84. The van der Waals surface area contributed by atoms with Crippen LogP contribution in [0.4, 0.5) is 0 Å². The third-order valence-electron chi connectivity index (χ3n) is 1.75. The third kappa shape index (κ3) is 2.05. The molecule has 0 bridgehead atoms. The summed E-state index contributed by atoms with van der Waals surface area (Å²) in [5.74, 6) is 0.756. The van der Waals surface area contributed by atoms with Crippen LogP contribution in [-0.4, -0.2) is 33.2 Å². The van der Waals surface area contributed by atoms with Crippen molar-refractivity contribution in [3.63, 3.8) is 0 Å². The molecule has 1 atom stereocenters. The molecule has 0 spiro atoms. The van der Waals surface area contributed by atoms with Gasteiger partial charge in [-0.3, -0.25) is 19.4 Å². The van der Waals surface area contributed by atoms with E-state index in [0.717, 1.165) is 12.4 Å². The molecule has 1 aromatic heterocycles. The van der Waals surface area contributed by atoms with Crippen LogP contribution in [0.15, 0.2) is 14.7 Å². The molecule has 1 aliphatic heterocycles. The van der Waals surface area contributed by atoms with E-state index < -0.39 is 11.1 Å². The van der Waals surface area contributed by atoms with Gasteiger partial charge < -0.3 is 4.74 Å². The zero-order valence-corrected chi connectivity index (χ0v) is 8.34. The summed E-state index contributed by atoms with van der Waals surface area (Å²) in [5.41, 5.74) is -1.44. The molecule has 0 amide bonds.